The van der Waals surface area contributed by atoms with E-state index in [4.69, 9.17) is 0 Å². The molecule has 1 fully saturated rings. The maximum atomic E-state index is 13.7. The second-order valence-electron chi connectivity index (χ2n) is 7.27. The summed E-state index contributed by atoms with van der Waals surface area (Å²) in [6.07, 6.45) is 2.31. The van der Waals surface area contributed by atoms with Gasteiger partial charge in [0.15, 0.2) is 17.1 Å². The van der Waals surface area contributed by atoms with Gasteiger partial charge < -0.3 is 15.2 Å². The van der Waals surface area contributed by atoms with Crippen LogP contribution < -0.4 is 16.1 Å². The third-order valence-corrected chi connectivity index (χ3v) is 5.40. The highest BCUT2D eigenvalue weighted by molar-refractivity contribution is 5.82. The molecule has 1 aliphatic rings. The van der Waals surface area contributed by atoms with Crippen molar-refractivity contribution in [2.24, 2.45) is 0 Å². The molecule has 0 aliphatic carbocycles. The molecule has 3 aromatic rings. The third-order valence-electron chi connectivity index (χ3n) is 5.40. The van der Waals surface area contributed by atoms with E-state index in [1.165, 1.54) is 12.1 Å². The number of nitrogens with one attached hydrogen (secondary N) is 2. The number of aromatic nitrogens is 1. The lowest BCUT2D eigenvalue weighted by molar-refractivity contribution is -0.122. The van der Waals surface area contributed by atoms with Gasteiger partial charge in [0, 0.05) is 36.2 Å². The highest BCUT2D eigenvalue weighted by atomic mass is 19.2. The van der Waals surface area contributed by atoms with Crippen molar-refractivity contribution in [1.29, 1.82) is 0 Å². The predicted octanol–water partition coefficient (Wildman–Crippen LogP) is 2.54. The van der Waals surface area contributed by atoms with Crippen LogP contribution >= 0.6 is 0 Å². The van der Waals surface area contributed by atoms with Gasteiger partial charge in [-0.25, -0.2) is 8.78 Å². The van der Waals surface area contributed by atoms with E-state index in [-0.39, 0.29) is 29.8 Å². The molecule has 150 valence electrons. The van der Waals surface area contributed by atoms with Gasteiger partial charge in [0.25, 0.3) is 0 Å². The molecule has 4 rings (SSSR count). The zero-order chi connectivity index (χ0) is 20.4. The number of hydrogen-bond acceptors (Lipinski definition) is 3. The molecule has 1 aliphatic heterocycles. The first kappa shape index (κ1) is 19.3. The van der Waals surface area contributed by atoms with E-state index < -0.39 is 11.6 Å². The van der Waals surface area contributed by atoms with Crippen LogP contribution in [0, 0.1) is 11.6 Å². The number of rotatable bonds is 4. The molecule has 0 spiro atoms. The van der Waals surface area contributed by atoms with E-state index in [0.29, 0.717) is 29.4 Å². The highest BCUT2D eigenvalue weighted by Gasteiger charge is 2.28. The number of benzene rings is 2. The Morgan fingerprint density at radius 2 is 1.97 bits per heavy atom. The summed E-state index contributed by atoms with van der Waals surface area (Å²) < 4.78 is 28.7. The number of halogens is 2. The normalized spacial score (nSPS) is 19.2. The lowest BCUT2D eigenvalue weighted by Crippen LogP contribution is -2.50. The minimum Gasteiger partial charge on any atom is -0.350 e. The number of nitrogens with zero attached hydrogens (tertiary/aromatic N) is 1. The second kappa shape index (κ2) is 8.13. The van der Waals surface area contributed by atoms with Gasteiger partial charge in [-0.1, -0.05) is 18.2 Å². The number of carbonyl (C=O) groups is 1. The van der Waals surface area contributed by atoms with E-state index in [1.807, 2.05) is 6.07 Å². The van der Waals surface area contributed by atoms with Crippen molar-refractivity contribution in [2.45, 2.75) is 24.9 Å². The number of piperidine rings is 1. The molecule has 0 saturated carbocycles. The van der Waals surface area contributed by atoms with Crippen molar-refractivity contribution < 1.29 is 13.6 Å². The number of pyridine rings is 1. The van der Waals surface area contributed by atoms with E-state index in [0.717, 1.165) is 12.6 Å². The topological polar surface area (TPSA) is 63.1 Å². The predicted molar refractivity (Wildman–Crippen MR) is 107 cm³/mol. The number of carbonyl (C=O) groups excluding carboxylic acids is 1. The van der Waals surface area contributed by atoms with E-state index in [2.05, 4.69) is 10.6 Å². The summed E-state index contributed by atoms with van der Waals surface area (Å²) >= 11 is 0. The zero-order valence-corrected chi connectivity index (χ0v) is 15.7. The molecule has 0 radical (unpaired) electrons. The Balaban J connectivity index is 1.53. The molecular formula is C22H21F2N3O2. The van der Waals surface area contributed by atoms with Gasteiger partial charge in [0.1, 0.15) is 6.54 Å². The smallest absolute Gasteiger partial charge is 0.240 e. The maximum Gasteiger partial charge on any atom is 0.240 e. The standard InChI is InChI=1S/C22H21F2N3O2/c23-17-6-5-14(11-18(17)24)15-7-9-25-12-19(15)26-22(29)13-27-10-8-21(28)16-3-1-2-4-20(16)27/h1-6,8,10-11,15,19,25H,7,9,12-13H2,(H,26,29). The molecule has 0 bridgehead atoms. The first-order valence-electron chi connectivity index (χ1n) is 9.56. The third kappa shape index (κ3) is 4.05. The van der Waals surface area contributed by atoms with Gasteiger partial charge in [0.2, 0.25) is 5.91 Å². The van der Waals surface area contributed by atoms with Crippen LogP contribution in [0.1, 0.15) is 17.9 Å². The lowest BCUT2D eigenvalue weighted by atomic mass is 9.86. The molecular weight excluding hydrogens is 376 g/mol. The molecule has 1 aromatic heterocycles. The largest absolute Gasteiger partial charge is 0.350 e. The van der Waals surface area contributed by atoms with Crippen LogP contribution in [0.2, 0.25) is 0 Å². The fourth-order valence-corrected chi connectivity index (χ4v) is 3.96. The summed E-state index contributed by atoms with van der Waals surface area (Å²) in [6, 6.07) is 12.2. The maximum absolute atomic E-state index is 13.7. The molecule has 2 N–H and O–H groups in total. The SMILES string of the molecule is O=C(Cn1ccc(=O)c2ccccc21)NC1CNCCC1c1ccc(F)c(F)c1. The highest BCUT2D eigenvalue weighted by Crippen LogP contribution is 2.27. The van der Waals surface area contributed by atoms with Crippen LogP contribution in [-0.2, 0) is 11.3 Å². The van der Waals surface area contributed by atoms with Crippen molar-refractivity contribution >= 4 is 16.8 Å². The minimum absolute atomic E-state index is 0.0573. The number of amides is 1. The van der Waals surface area contributed by atoms with Crippen molar-refractivity contribution in [1.82, 2.24) is 15.2 Å². The number of para-hydroxylation sites is 1. The molecule has 2 heterocycles. The van der Waals surface area contributed by atoms with Gasteiger partial charge in [-0.2, -0.15) is 0 Å². The van der Waals surface area contributed by atoms with Crippen molar-refractivity contribution in [3.05, 3.63) is 82.1 Å². The van der Waals surface area contributed by atoms with Crippen LogP contribution in [-0.4, -0.2) is 29.6 Å². The minimum atomic E-state index is -0.883. The van der Waals surface area contributed by atoms with Crippen LogP contribution in [0.15, 0.2) is 59.5 Å². The fourth-order valence-electron chi connectivity index (χ4n) is 3.96. The number of fused-ring (bicyclic) bond motifs is 1. The van der Waals surface area contributed by atoms with E-state index in [9.17, 15) is 18.4 Å². The van der Waals surface area contributed by atoms with Crippen molar-refractivity contribution in [2.75, 3.05) is 13.1 Å². The summed E-state index contributed by atoms with van der Waals surface area (Å²) in [7, 11) is 0. The number of hydrogen-bond donors (Lipinski definition) is 2. The second-order valence-corrected chi connectivity index (χ2v) is 7.27. The van der Waals surface area contributed by atoms with Gasteiger partial charge in [-0.3, -0.25) is 9.59 Å². The van der Waals surface area contributed by atoms with E-state index in [1.54, 1.807) is 35.0 Å². The van der Waals surface area contributed by atoms with E-state index >= 15 is 0 Å². The van der Waals surface area contributed by atoms with Crippen molar-refractivity contribution in [3.63, 3.8) is 0 Å². The lowest BCUT2D eigenvalue weighted by Gasteiger charge is -2.33. The van der Waals surface area contributed by atoms with Crippen LogP contribution in [0.5, 0.6) is 0 Å². The summed E-state index contributed by atoms with van der Waals surface area (Å²) in [5.74, 6) is -2.08. The Kier molecular flexibility index (Phi) is 5.40. The molecule has 2 unspecified atom stereocenters. The molecule has 1 amide bonds. The van der Waals surface area contributed by atoms with Crippen molar-refractivity contribution in [3.8, 4) is 0 Å². The Morgan fingerprint density at radius 1 is 1.14 bits per heavy atom. The quantitative estimate of drug-likeness (QED) is 0.711. The molecule has 5 nitrogen and oxygen atoms in total. The molecule has 2 atom stereocenters. The average Bonchev–Trinajstić information content (AvgIpc) is 2.73. The van der Waals surface area contributed by atoms with Gasteiger partial charge in [-0.15, -0.1) is 0 Å². The van der Waals surface area contributed by atoms with Crippen LogP contribution in [0.4, 0.5) is 8.78 Å². The Bertz CT molecular complexity index is 1110. The van der Waals surface area contributed by atoms with Crippen LogP contribution in [0.3, 0.4) is 0 Å². The monoisotopic (exact) mass is 397 g/mol. The molecule has 29 heavy (non-hydrogen) atoms. The Morgan fingerprint density at radius 3 is 2.79 bits per heavy atom. The molecule has 1 saturated heterocycles. The average molecular weight is 397 g/mol. The summed E-state index contributed by atoms with van der Waals surface area (Å²) in [4.78, 5) is 24.7. The molecule has 2 aromatic carbocycles. The summed E-state index contributed by atoms with van der Waals surface area (Å²) in [6.45, 7) is 1.34. The summed E-state index contributed by atoms with van der Waals surface area (Å²) in [5, 5.41) is 6.81. The zero-order valence-electron chi connectivity index (χ0n) is 15.7. The van der Waals surface area contributed by atoms with Gasteiger partial charge in [0.05, 0.1) is 5.52 Å². The Hall–Kier alpha value is -3.06. The first-order chi connectivity index (χ1) is 14.0. The fraction of sp³-hybridized carbons (Fsp3) is 0.273. The Labute approximate surface area is 166 Å². The molecule has 7 heteroatoms. The van der Waals surface area contributed by atoms with Gasteiger partial charge >= 0.3 is 0 Å². The van der Waals surface area contributed by atoms with Crippen LogP contribution in [0.25, 0.3) is 10.9 Å². The first-order valence-corrected chi connectivity index (χ1v) is 9.56. The summed E-state index contributed by atoms with van der Waals surface area (Å²) in [5.41, 5.74) is 1.27. The van der Waals surface area contributed by atoms with Gasteiger partial charge in [-0.05, 0) is 42.8 Å².